The number of pyridine rings is 1. The van der Waals surface area contributed by atoms with Crippen molar-refractivity contribution in [3.63, 3.8) is 0 Å². The number of carboxylic acids is 1. The first-order chi connectivity index (χ1) is 9.49. The van der Waals surface area contributed by atoms with E-state index in [-0.39, 0.29) is 11.3 Å². The summed E-state index contributed by atoms with van der Waals surface area (Å²) in [6.07, 6.45) is 2.71. The number of carboxylic acid groups (broad SMARTS) is 1. The van der Waals surface area contributed by atoms with E-state index in [0.717, 1.165) is 0 Å². The van der Waals surface area contributed by atoms with Crippen molar-refractivity contribution < 1.29 is 23.5 Å². The topological polar surface area (TPSA) is 79.3 Å². The smallest absolute Gasteiger partial charge is 0.337 e. The summed E-state index contributed by atoms with van der Waals surface area (Å²) in [4.78, 5) is 26.5. The highest BCUT2D eigenvalue weighted by Gasteiger charge is 2.17. The molecule has 1 heterocycles. The molecule has 0 bridgehead atoms. The van der Waals surface area contributed by atoms with Crippen LogP contribution in [0.3, 0.4) is 0 Å². The van der Waals surface area contributed by atoms with Crippen molar-refractivity contribution in [2.45, 2.75) is 0 Å². The third-order valence-corrected chi connectivity index (χ3v) is 2.46. The summed E-state index contributed by atoms with van der Waals surface area (Å²) in [5.74, 6) is -4.71. The molecule has 5 nitrogen and oxygen atoms in total. The third kappa shape index (κ3) is 2.77. The van der Waals surface area contributed by atoms with Gasteiger partial charge < -0.3 is 10.4 Å². The van der Waals surface area contributed by atoms with Crippen LogP contribution in [0.2, 0.25) is 0 Å². The summed E-state index contributed by atoms with van der Waals surface area (Å²) < 4.78 is 26.2. The van der Waals surface area contributed by atoms with Crippen molar-refractivity contribution >= 4 is 17.6 Å². The zero-order valence-electron chi connectivity index (χ0n) is 9.93. The number of aromatic carboxylic acids is 1. The second-order valence-electron chi connectivity index (χ2n) is 3.81. The van der Waals surface area contributed by atoms with Gasteiger partial charge in [0.2, 0.25) is 0 Å². The zero-order chi connectivity index (χ0) is 14.7. The molecule has 1 aromatic heterocycles. The van der Waals surface area contributed by atoms with E-state index in [1.54, 1.807) is 0 Å². The van der Waals surface area contributed by atoms with Gasteiger partial charge in [-0.1, -0.05) is 0 Å². The lowest BCUT2D eigenvalue weighted by atomic mass is 10.1. The number of halogens is 2. The second kappa shape index (κ2) is 5.43. The first-order valence-corrected chi connectivity index (χ1v) is 5.42. The maximum absolute atomic E-state index is 13.1. The largest absolute Gasteiger partial charge is 0.478 e. The van der Waals surface area contributed by atoms with E-state index in [2.05, 4.69) is 10.3 Å². The molecule has 0 aliphatic carbocycles. The van der Waals surface area contributed by atoms with E-state index in [9.17, 15) is 18.4 Å². The lowest BCUT2D eigenvalue weighted by molar-refractivity contribution is 0.0697. The van der Waals surface area contributed by atoms with Gasteiger partial charge in [-0.05, 0) is 18.2 Å². The van der Waals surface area contributed by atoms with Gasteiger partial charge in [-0.15, -0.1) is 0 Å². The van der Waals surface area contributed by atoms with E-state index < -0.39 is 29.1 Å². The van der Waals surface area contributed by atoms with Crippen LogP contribution in [0.1, 0.15) is 20.7 Å². The Morgan fingerprint density at radius 1 is 1.20 bits per heavy atom. The van der Waals surface area contributed by atoms with E-state index in [1.807, 2.05) is 0 Å². The number of hydrogen-bond donors (Lipinski definition) is 2. The fraction of sp³-hybridized carbons (Fsp3) is 0. The highest BCUT2D eigenvalue weighted by molar-refractivity contribution is 6.07. The predicted molar refractivity (Wildman–Crippen MR) is 65.5 cm³/mol. The minimum absolute atomic E-state index is 0.161. The minimum atomic E-state index is -1.48. The number of carbonyl (C=O) groups excluding carboxylic acids is 1. The van der Waals surface area contributed by atoms with Gasteiger partial charge in [-0.3, -0.25) is 9.78 Å². The van der Waals surface area contributed by atoms with Gasteiger partial charge >= 0.3 is 5.97 Å². The van der Waals surface area contributed by atoms with Gasteiger partial charge in [0, 0.05) is 18.5 Å². The van der Waals surface area contributed by atoms with Gasteiger partial charge in [-0.2, -0.15) is 0 Å². The molecule has 0 fully saturated rings. The Kier molecular flexibility index (Phi) is 3.69. The van der Waals surface area contributed by atoms with Gasteiger partial charge in [0.25, 0.3) is 5.91 Å². The third-order valence-electron chi connectivity index (χ3n) is 2.46. The van der Waals surface area contributed by atoms with Crippen LogP contribution < -0.4 is 5.32 Å². The second-order valence-corrected chi connectivity index (χ2v) is 3.81. The fourth-order valence-corrected chi connectivity index (χ4v) is 1.52. The summed E-state index contributed by atoms with van der Waals surface area (Å²) >= 11 is 0. The molecule has 0 spiro atoms. The van der Waals surface area contributed by atoms with Crippen LogP contribution in [0.5, 0.6) is 0 Å². The van der Waals surface area contributed by atoms with Crippen molar-refractivity contribution in [2.75, 3.05) is 5.32 Å². The maximum atomic E-state index is 13.1. The predicted octanol–water partition coefficient (Wildman–Crippen LogP) is 2.31. The number of carbonyl (C=O) groups is 2. The van der Waals surface area contributed by atoms with Gasteiger partial charge in [0.05, 0.1) is 16.8 Å². The molecule has 7 heteroatoms. The van der Waals surface area contributed by atoms with Crippen molar-refractivity contribution in [2.24, 2.45) is 0 Å². The summed E-state index contributed by atoms with van der Waals surface area (Å²) in [6, 6.07) is 4.09. The number of amides is 1. The molecule has 2 N–H and O–H groups in total. The normalized spacial score (nSPS) is 10.1. The van der Waals surface area contributed by atoms with Crippen LogP contribution in [-0.2, 0) is 0 Å². The highest BCUT2D eigenvalue weighted by atomic mass is 19.2. The van der Waals surface area contributed by atoms with Crippen LogP contribution in [0, 0.1) is 11.6 Å². The number of anilines is 1. The van der Waals surface area contributed by atoms with E-state index >= 15 is 0 Å². The van der Waals surface area contributed by atoms with E-state index in [1.165, 1.54) is 24.5 Å². The molecule has 2 rings (SSSR count). The molecule has 1 aromatic carbocycles. The molecule has 2 aromatic rings. The first kappa shape index (κ1) is 13.6. The lowest BCUT2D eigenvalue weighted by Gasteiger charge is -2.09. The standard InChI is InChI=1S/C13H8F2N2O3/c14-9-4-8(13(19)20)11(5-10(9)15)17-12(18)7-2-1-3-16-6-7/h1-6H,(H,17,18)(H,19,20). The quantitative estimate of drug-likeness (QED) is 0.903. The molecule has 0 unspecified atom stereocenters. The van der Waals surface area contributed by atoms with E-state index in [0.29, 0.717) is 12.1 Å². The number of nitrogens with zero attached hydrogens (tertiary/aromatic N) is 1. The van der Waals surface area contributed by atoms with Gasteiger partial charge in [0.1, 0.15) is 0 Å². The molecule has 1 amide bonds. The number of aromatic nitrogens is 1. The van der Waals surface area contributed by atoms with Crippen molar-refractivity contribution in [1.82, 2.24) is 4.98 Å². The summed E-state index contributed by atoms with van der Waals surface area (Å²) in [6.45, 7) is 0. The van der Waals surface area contributed by atoms with Crippen LogP contribution in [0.15, 0.2) is 36.7 Å². The Labute approximate surface area is 111 Å². The molecule has 0 saturated heterocycles. The fourth-order valence-electron chi connectivity index (χ4n) is 1.52. The molecular formula is C13H8F2N2O3. The first-order valence-electron chi connectivity index (χ1n) is 5.42. The highest BCUT2D eigenvalue weighted by Crippen LogP contribution is 2.21. The summed E-state index contributed by atoms with van der Waals surface area (Å²) in [5, 5.41) is 11.1. The Hall–Kier alpha value is -2.83. The van der Waals surface area contributed by atoms with Crippen molar-refractivity contribution in [1.29, 1.82) is 0 Å². The van der Waals surface area contributed by atoms with Gasteiger partial charge in [-0.25, -0.2) is 13.6 Å². The number of hydrogen-bond acceptors (Lipinski definition) is 3. The van der Waals surface area contributed by atoms with Crippen LogP contribution >= 0.6 is 0 Å². The molecule has 20 heavy (non-hydrogen) atoms. The van der Waals surface area contributed by atoms with Crippen LogP contribution in [0.25, 0.3) is 0 Å². The molecule has 0 aliphatic heterocycles. The Morgan fingerprint density at radius 3 is 2.50 bits per heavy atom. The van der Waals surface area contributed by atoms with Gasteiger partial charge in [0.15, 0.2) is 11.6 Å². The average molecular weight is 278 g/mol. The Balaban J connectivity index is 2.36. The van der Waals surface area contributed by atoms with E-state index in [4.69, 9.17) is 5.11 Å². The molecule has 0 saturated carbocycles. The summed E-state index contributed by atoms with van der Waals surface area (Å²) in [7, 11) is 0. The SMILES string of the molecule is O=C(Nc1cc(F)c(F)cc1C(=O)O)c1cccnc1. The minimum Gasteiger partial charge on any atom is -0.478 e. The van der Waals surface area contributed by atoms with Crippen LogP contribution in [-0.4, -0.2) is 22.0 Å². The summed E-state index contributed by atoms with van der Waals surface area (Å²) in [5.41, 5.74) is -0.708. The zero-order valence-corrected chi connectivity index (χ0v) is 9.93. The maximum Gasteiger partial charge on any atom is 0.337 e. The number of rotatable bonds is 3. The molecule has 0 atom stereocenters. The Bertz CT molecular complexity index is 675. The molecule has 102 valence electrons. The molecule has 0 aliphatic rings. The lowest BCUT2D eigenvalue weighted by Crippen LogP contribution is -2.15. The van der Waals surface area contributed by atoms with Crippen molar-refractivity contribution in [3.05, 3.63) is 59.4 Å². The Morgan fingerprint density at radius 2 is 1.90 bits per heavy atom. The molecular weight excluding hydrogens is 270 g/mol. The van der Waals surface area contributed by atoms with Crippen molar-refractivity contribution in [3.8, 4) is 0 Å². The number of nitrogens with one attached hydrogen (secondary N) is 1. The monoisotopic (exact) mass is 278 g/mol. The van der Waals surface area contributed by atoms with Crippen LogP contribution in [0.4, 0.5) is 14.5 Å². The number of benzene rings is 1. The average Bonchev–Trinajstić information content (AvgIpc) is 2.43. The molecule has 0 radical (unpaired) electrons.